The zero-order chi connectivity index (χ0) is 27.4. The van der Waals surface area contributed by atoms with Gasteiger partial charge in [0.15, 0.2) is 0 Å². The van der Waals surface area contributed by atoms with E-state index in [4.69, 9.17) is 11.5 Å². The van der Waals surface area contributed by atoms with Crippen molar-refractivity contribution >= 4 is 30.2 Å². The standard InChI is InChI=1S/C27H40N8O3.ClH/c1-4-20-18-32(11-9-22(20)28)17-19-5-7-21(8-6-19)35-12-10-23(31-26(35)38)30-25(37)34-15-13-33(14-16-34)24(36)27(2,3)29;/h5-8,10,12,20,22H,4,9,11,13-18,28-29H2,1-3H3,(H,30,31,37,38);1H/t20-,22+;/m1./s1. The van der Waals surface area contributed by atoms with Gasteiger partial charge in [0.05, 0.1) is 11.2 Å². The third kappa shape index (κ3) is 7.57. The Kier molecular flexibility index (Phi) is 10.1. The first-order valence-electron chi connectivity index (χ1n) is 13.4. The van der Waals surface area contributed by atoms with Gasteiger partial charge in [-0.2, -0.15) is 4.98 Å². The van der Waals surface area contributed by atoms with E-state index in [2.05, 4.69) is 22.1 Å². The molecule has 2 aliphatic heterocycles. The molecule has 11 nitrogen and oxygen atoms in total. The lowest BCUT2D eigenvalue weighted by molar-refractivity contribution is -0.137. The van der Waals surface area contributed by atoms with E-state index < -0.39 is 11.2 Å². The maximum Gasteiger partial charge on any atom is 0.354 e. The number of halogens is 1. The highest BCUT2D eigenvalue weighted by molar-refractivity contribution is 5.89. The van der Waals surface area contributed by atoms with Gasteiger partial charge in [0.2, 0.25) is 5.91 Å². The highest BCUT2D eigenvalue weighted by atomic mass is 35.5. The van der Waals surface area contributed by atoms with E-state index in [9.17, 15) is 14.4 Å². The predicted octanol–water partition coefficient (Wildman–Crippen LogP) is 1.63. The normalized spacial score (nSPS) is 20.3. The lowest BCUT2D eigenvalue weighted by atomic mass is 9.90. The molecule has 3 amide bonds. The highest BCUT2D eigenvalue weighted by Crippen LogP contribution is 2.21. The molecule has 0 aliphatic carbocycles. The third-order valence-corrected chi connectivity index (χ3v) is 7.47. The smallest absolute Gasteiger partial charge is 0.338 e. The van der Waals surface area contributed by atoms with Gasteiger partial charge in [0, 0.05) is 51.5 Å². The number of anilines is 1. The molecule has 214 valence electrons. The summed E-state index contributed by atoms with van der Waals surface area (Å²) in [6.07, 6.45) is 3.72. The zero-order valence-electron chi connectivity index (χ0n) is 23.0. The number of piperidine rings is 1. The van der Waals surface area contributed by atoms with Gasteiger partial charge >= 0.3 is 11.7 Å². The number of piperazine rings is 1. The summed E-state index contributed by atoms with van der Waals surface area (Å²) < 4.78 is 1.45. The van der Waals surface area contributed by atoms with Crippen molar-refractivity contribution in [2.75, 3.05) is 44.6 Å². The van der Waals surface area contributed by atoms with Crippen LogP contribution in [-0.4, -0.2) is 87.0 Å². The van der Waals surface area contributed by atoms with Crippen LogP contribution in [-0.2, 0) is 11.3 Å². The second-order valence-corrected chi connectivity index (χ2v) is 10.9. The van der Waals surface area contributed by atoms with Crippen LogP contribution in [0.1, 0.15) is 39.2 Å². The van der Waals surface area contributed by atoms with Crippen LogP contribution in [0.4, 0.5) is 10.6 Å². The van der Waals surface area contributed by atoms with Crippen LogP contribution < -0.4 is 22.5 Å². The second-order valence-electron chi connectivity index (χ2n) is 10.9. The molecule has 0 radical (unpaired) electrons. The third-order valence-electron chi connectivity index (χ3n) is 7.47. The number of hydrogen-bond acceptors (Lipinski definition) is 7. The molecule has 2 aliphatic rings. The van der Waals surface area contributed by atoms with Crippen LogP contribution in [0.5, 0.6) is 0 Å². The summed E-state index contributed by atoms with van der Waals surface area (Å²) >= 11 is 0. The fourth-order valence-corrected chi connectivity index (χ4v) is 5.10. The van der Waals surface area contributed by atoms with Crippen molar-refractivity contribution in [3.05, 3.63) is 52.6 Å². The zero-order valence-corrected chi connectivity index (χ0v) is 23.8. The molecule has 3 heterocycles. The number of carbonyl (C=O) groups excluding carboxylic acids is 2. The van der Waals surface area contributed by atoms with E-state index in [1.54, 1.807) is 35.9 Å². The van der Waals surface area contributed by atoms with Crippen molar-refractivity contribution in [3.8, 4) is 5.69 Å². The average molecular weight is 561 g/mol. The Bertz CT molecular complexity index is 1190. The first-order chi connectivity index (χ1) is 18.0. The molecular weight excluding hydrogens is 520 g/mol. The minimum Gasteiger partial charge on any atom is -0.338 e. The maximum absolute atomic E-state index is 12.7. The fourth-order valence-electron chi connectivity index (χ4n) is 5.10. The number of amides is 3. The van der Waals surface area contributed by atoms with E-state index in [0.717, 1.165) is 32.5 Å². The summed E-state index contributed by atoms with van der Waals surface area (Å²) in [5, 5.41) is 2.69. The number of hydrogen-bond donors (Lipinski definition) is 3. The summed E-state index contributed by atoms with van der Waals surface area (Å²) in [6.45, 7) is 9.96. The van der Waals surface area contributed by atoms with Crippen molar-refractivity contribution in [1.82, 2.24) is 24.3 Å². The topological polar surface area (TPSA) is 143 Å². The van der Waals surface area contributed by atoms with Crippen LogP contribution in [0.3, 0.4) is 0 Å². The number of nitrogens with zero attached hydrogens (tertiary/aromatic N) is 5. The van der Waals surface area contributed by atoms with Gasteiger partial charge in [-0.3, -0.25) is 19.6 Å². The average Bonchev–Trinajstić information content (AvgIpc) is 2.89. The number of rotatable bonds is 6. The Morgan fingerprint density at radius 1 is 1.05 bits per heavy atom. The molecule has 1 aromatic carbocycles. The van der Waals surface area contributed by atoms with Gasteiger partial charge in [-0.05, 0) is 56.5 Å². The number of likely N-dealkylation sites (tertiary alicyclic amines) is 1. The van der Waals surface area contributed by atoms with E-state index in [1.807, 2.05) is 24.3 Å². The van der Waals surface area contributed by atoms with Crippen molar-refractivity contribution in [1.29, 1.82) is 0 Å². The largest absolute Gasteiger partial charge is 0.354 e. The van der Waals surface area contributed by atoms with Crippen LogP contribution in [0.2, 0.25) is 0 Å². The Morgan fingerprint density at radius 3 is 2.28 bits per heavy atom. The van der Waals surface area contributed by atoms with Crippen molar-refractivity contribution in [2.24, 2.45) is 17.4 Å². The molecule has 0 saturated carbocycles. The summed E-state index contributed by atoms with van der Waals surface area (Å²) in [4.78, 5) is 47.5. The van der Waals surface area contributed by atoms with Gasteiger partial charge in [-0.25, -0.2) is 9.59 Å². The fraction of sp³-hybridized carbons (Fsp3) is 0.556. The van der Waals surface area contributed by atoms with Crippen molar-refractivity contribution in [2.45, 2.75) is 51.7 Å². The van der Waals surface area contributed by atoms with E-state index in [1.165, 1.54) is 10.1 Å². The molecule has 39 heavy (non-hydrogen) atoms. The first kappa shape index (κ1) is 30.6. The van der Waals surface area contributed by atoms with E-state index in [-0.39, 0.29) is 36.2 Å². The first-order valence-corrected chi connectivity index (χ1v) is 13.4. The number of urea groups is 1. The molecule has 5 N–H and O–H groups in total. The molecule has 2 atom stereocenters. The Morgan fingerprint density at radius 2 is 1.69 bits per heavy atom. The summed E-state index contributed by atoms with van der Waals surface area (Å²) in [5.41, 5.74) is 12.6. The molecule has 0 spiro atoms. The van der Waals surface area contributed by atoms with Crippen LogP contribution >= 0.6 is 12.4 Å². The Labute approximate surface area is 235 Å². The second kappa shape index (κ2) is 12.9. The summed E-state index contributed by atoms with van der Waals surface area (Å²) in [6, 6.07) is 9.41. The molecule has 12 heteroatoms. The molecule has 0 bridgehead atoms. The summed E-state index contributed by atoms with van der Waals surface area (Å²) in [7, 11) is 0. The number of nitrogens with two attached hydrogens (primary N) is 2. The molecule has 2 saturated heterocycles. The minimum atomic E-state index is -0.946. The lowest BCUT2D eigenvalue weighted by Gasteiger charge is -2.37. The molecule has 0 unspecified atom stereocenters. The summed E-state index contributed by atoms with van der Waals surface area (Å²) in [5.74, 6) is 0.574. The monoisotopic (exact) mass is 560 g/mol. The van der Waals surface area contributed by atoms with Crippen LogP contribution in [0.25, 0.3) is 5.69 Å². The van der Waals surface area contributed by atoms with Gasteiger partial charge in [0.1, 0.15) is 5.82 Å². The SMILES string of the molecule is CC[C@@H]1CN(Cc2ccc(-n3ccc(NC(=O)N4CCN(C(=O)C(C)(C)N)CC4)nc3=O)cc2)CC[C@@H]1N.Cl. The molecule has 2 aromatic rings. The number of carbonyl (C=O) groups is 2. The highest BCUT2D eigenvalue weighted by Gasteiger charge is 2.31. The Hall–Kier alpha value is -2.99. The van der Waals surface area contributed by atoms with Crippen LogP contribution in [0.15, 0.2) is 41.3 Å². The number of aromatic nitrogens is 2. The van der Waals surface area contributed by atoms with Crippen molar-refractivity contribution in [3.63, 3.8) is 0 Å². The van der Waals surface area contributed by atoms with Gasteiger partial charge < -0.3 is 21.3 Å². The lowest BCUT2D eigenvalue weighted by Crippen LogP contribution is -2.58. The molecule has 2 fully saturated rings. The predicted molar refractivity (Wildman–Crippen MR) is 154 cm³/mol. The Balaban J connectivity index is 0.00000420. The number of nitrogens with one attached hydrogen (secondary N) is 1. The van der Waals surface area contributed by atoms with E-state index >= 15 is 0 Å². The van der Waals surface area contributed by atoms with Gasteiger partial charge in [-0.15, -0.1) is 12.4 Å². The minimum absolute atomic E-state index is 0. The number of benzene rings is 1. The maximum atomic E-state index is 12.7. The molecule has 1 aromatic heterocycles. The molecular formula is C27H41ClN8O3. The van der Waals surface area contributed by atoms with E-state index in [0.29, 0.717) is 37.8 Å². The quantitative estimate of drug-likeness (QED) is 0.487. The van der Waals surface area contributed by atoms with Crippen LogP contribution in [0, 0.1) is 5.92 Å². The molecule has 4 rings (SSSR count). The van der Waals surface area contributed by atoms with Crippen molar-refractivity contribution < 1.29 is 9.59 Å². The van der Waals surface area contributed by atoms with Gasteiger partial charge in [-0.1, -0.05) is 25.5 Å². The van der Waals surface area contributed by atoms with Gasteiger partial charge in [0.25, 0.3) is 0 Å².